The van der Waals surface area contributed by atoms with Crippen LogP contribution in [0.15, 0.2) is 255 Å². The Kier molecular flexibility index (Phi) is 8.69. The van der Waals surface area contributed by atoms with Crippen LogP contribution in [0.25, 0.3) is 142 Å². The number of hydrogen-bond acceptors (Lipinski definition) is 0. The van der Waals surface area contributed by atoms with Crippen molar-refractivity contribution in [1.82, 2.24) is 0 Å². The summed E-state index contributed by atoms with van der Waals surface area (Å²) >= 11 is 0. The molecular weight excluding hydrogens is 817 g/mol. The predicted octanol–water partition coefficient (Wildman–Crippen LogP) is 19.2. The number of fused-ring (bicyclic) bond motifs is 12. The average molecular weight is 859 g/mol. The lowest BCUT2D eigenvalue weighted by atomic mass is 9.84. The molecule has 14 aromatic rings. The summed E-state index contributed by atoms with van der Waals surface area (Å²) in [6.45, 7) is 0. The molecule has 0 amide bonds. The molecule has 0 saturated heterocycles. The van der Waals surface area contributed by atoms with E-state index in [0.29, 0.717) is 0 Å². The maximum absolute atomic E-state index is 2.42. The van der Waals surface area contributed by atoms with Crippen LogP contribution in [0.1, 0.15) is 0 Å². The van der Waals surface area contributed by atoms with Crippen molar-refractivity contribution in [3.05, 3.63) is 255 Å². The molecule has 0 aliphatic heterocycles. The molecule has 0 spiro atoms. The van der Waals surface area contributed by atoms with Crippen molar-refractivity contribution in [3.63, 3.8) is 0 Å². The molecule has 14 aromatic carbocycles. The molecule has 0 aliphatic rings. The molecule has 68 heavy (non-hydrogen) atoms. The number of benzene rings is 14. The average Bonchev–Trinajstić information content (AvgIpc) is 3.42. The van der Waals surface area contributed by atoms with Gasteiger partial charge in [-0.25, -0.2) is 0 Å². The molecule has 0 heteroatoms. The van der Waals surface area contributed by atoms with Gasteiger partial charge in [-0.3, -0.25) is 0 Å². The van der Waals surface area contributed by atoms with Crippen LogP contribution >= 0.6 is 0 Å². The maximum atomic E-state index is 2.42. The van der Waals surface area contributed by atoms with Gasteiger partial charge in [0.25, 0.3) is 0 Å². The predicted molar refractivity (Wildman–Crippen MR) is 294 cm³/mol. The summed E-state index contributed by atoms with van der Waals surface area (Å²) in [6.07, 6.45) is 0. The summed E-state index contributed by atoms with van der Waals surface area (Å²) in [4.78, 5) is 0. The van der Waals surface area contributed by atoms with Crippen LogP contribution < -0.4 is 0 Å². The lowest BCUT2D eigenvalue weighted by Crippen LogP contribution is -1.92. The van der Waals surface area contributed by atoms with E-state index in [1.807, 2.05) is 0 Å². The van der Waals surface area contributed by atoms with E-state index in [2.05, 4.69) is 255 Å². The highest BCUT2D eigenvalue weighted by Gasteiger charge is 2.19. The van der Waals surface area contributed by atoms with E-state index in [9.17, 15) is 0 Å². The Hall–Kier alpha value is -8.84. The van der Waals surface area contributed by atoms with E-state index in [-0.39, 0.29) is 0 Å². The number of rotatable bonds is 5. The topological polar surface area (TPSA) is 0 Å². The van der Waals surface area contributed by atoms with E-state index >= 15 is 0 Å². The largest absolute Gasteiger partial charge is 0.0622 e. The van der Waals surface area contributed by atoms with Crippen LogP contribution in [0, 0.1) is 0 Å². The molecule has 0 radical (unpaired) electrons. The van der Waals surface area contributed by atoms with Crippen molar-refractivity contribution < 1.29 is 0 Å². The monoisotopic (exact) mass is 858 g/mol. The minimum atomic E-state index is 1.20. The van der Waals surface area contributed by atoms with Crippen molar-refractivity contribution in [2.45, 2.75) is 0 Å². The quantitative estimate of drug-likeness (QED) is 0.119. The third-order valence-corrected chi connectivity index (χ3v) is 14.6. The zero-order valence-corrected chi connectivity index (χ0v) is 37.2. The summed E-state index contributed by atoms with van der Waals surface area (Å²) in [5.41, 5.74) is 12.3. The molecule has 0 bridgehead atoms. The standard InChI is InChI=1S/C68H42/c1-2-14-43(15-3-1)50-38-39-61-64(40-50)66(49-34-28-47(29-35-49)63-42-52-37-31-45-17-5-7-19-54(45)68(52)58-23-11-9-21-56(58)63)60-25-13-12-24-59(60)65(61)48-32-26-46(27-33-48)62-41-51-36-30-44-16-4-6-18-53(44)67(51)57-22-10-8-20-55(57)62/h1-42H. The fourth-order valence-electron chi connectivity index (χ4n) is 11.5. The molecular formula is C68H42. The Morgan fingerprint density at radius 1 is 0.162 bits per heavy atom. The molecule has 14 rings (SSSR count). The van der Waals surface area contributed by atoms with Gasteiger partial charge in [-0.1, -0.05) is 237 Å². The molecule has 0 saturated carbocycles. The van der Waals surface area contributed by atoms with Gasteiger partial charge in [-0.15, -0.1) is 0 Å². The van der Waals surface area contributed by atoms with Gasteiger partial charge in [0.2, 0.25) is 0 Å². The van der Waals surface area contributed by atoms with E-state index in [0.717, 1.165) is 0 Å². The first kappa shape index (κ1) is 38.4. The summed E-state index contributed by atoms with van der Waals surface area (Å²) in [7, 11) is 0. The molecule has 0 fully saturated rings. The van der Waals surface area contributed by atoms with Crippen LogP contribution in [-0.2, 0) is 0 Å². The molecule has 0 aliphatic carbocycles. The van der Waals surface area contributed by atoms with Gasteiger partial charge in [-0.05, 0) is 160 Å². The molecule has 0 unspecified atom stereocenters. The normalized spacial score (nSPS) is 11.8. The summed E-state index contributed by atoms with van der Waals surface area (Å²) in [5.74, 6) is 0. The van der Waals surface area contributed by atoms with Crippen molar-refractivity contribution >= 4 is 86.2 Å². The first-order valence-electron chi connectivity index (χ1n) is 23.7. The van der Waals surface area contributed by atoms with E-state index in [4.69, 9.17) is 0 Å². The maximum Gasteiger partial charge on any atom is -0.00261 e. The minimum Gasteiger partial charge on any atom is -0.0622 e. The Bertz CT molecular complexity index is 4330. The Morgan fingerprint density at radius 2 is 0.515 bits per heavy atom. The summed E-state index contributed by atoms with van der Waals surface area (Å²) in [5, 5.41) is 20.4. The molecule has 0 N–H and O–H groups in total. The summed E-state index contributed by atoms with van der Waals surface area (Å²) in [6, 6.07) is 94.7. The van der Waals surface area contributed by atoms with Crippen LogP contribution in [0.2, 0.25) is 0 Å². The first-order valence-corrected chi connectivity index (χ1v) is 23.7. The lowest BCUT2D eigenvalue weighted by Gasteiger charge is -2.19. The minimum absolute atomic E-state index is 1.20. The van der Waals surface area contributed by atoms with Gasteiger partial charge in [-0.2, -0.15) is 0 Å². The first-order chi connectivity index (χ1) is 33.7. The van der Waals surface area contributed by atoms with Crippen molar-refractivity contribution in [2.24, 2.45) is 0 Å². The smallest absolute Gasteiger partial charge is 0.00261 e. The highest BCUT2D eigenvalue weighted by molar-refractivity contribution is 6.26. The van der Waals surface area contributed by atoms with Crippen LogP contribution in [0.5, 0.6) is 0 Å². The van der Waals surface area contributed by atoms with Crippen LogP contribution in [-0.4, -0.2) is 0 Å². The third-order valence-electron chi connectivity index (χ3n) is 14.6. The van der Waals surface area contributed by atoms with Gasteiger partial charge in [0.05, 0.1) is 0 Å². The third kappa shape index (κ3) is 6.01. The van der Waals surface area contributed by atoms with Crippen molar-refractivity contribution in [2.75, 3.05) is 0 Å². The zero-order chi connectivity index (χ0) is 44.7. The van der Waals surface area contributed by atoms with Gasteiger partial charge in [0, 0.05) is 0 Å². The van der Waals surface area contributed by atoms with Gasteiger partial charge < -0.3 is 0 Å². The SMILES string of the molecule is c1ccc(-c2ccc3c(-c4ccc(-c5cc6ccc7ccccc7c6c6ccccc56)cc4)c4ccccc4c(-c4ccc(-c5cc6ccc7ccccc7c6c6ccccc56)cc4)c3c2)cc1. The molecule has 0 heterocycles. The molecule has 0 nitrogen and oxygen atoms in total. The fourth-order valence-corrected chi connectivity index (χ4v) is 11.5. The van der Waals surface area contributed by atoms with Crippen molar-refractivity contribution in [3.8, 4) is 55.6 Å². The molecule has 0 aromatic heterocycles. The Labute approximate surface area is 394 Å². The number of hydrogen-bond donors (Lipinski definition) is 0. The second-order valence-corrected chi connectivity index (χ2v) is 18.3. The highest BCUT2D eigenvalue weighted by Crippen LogP contribution is 2.47. The van der Waals surface area contributed by atoms with Crippen molar-refractivity contribution in [1.29, 1.82) is 0 Å². The second kappa shape index (κ2) is 15.4. The lowest BCUT2D eigenvalue weighted by molar-refractivity contribution is 1.62. The molecule has 0 atom stereocenters. The van der Waals surface area contributed by atoms with E-state index < -0.39 is 0 Å². The summed E-state index contributed by atoms with van der Waals surface area (Å²) < 4.78 is 0. The second-order valence-electron chi connectivity index (χ2n) is 18.3. The fraction of sp³-hybridized carbons (Fsp3) is 0. The molecule has 314 valence electrons. The van der Waals surface area contributed by atoms with E-state index in [1.54, 1.807) is 0 Å². The van der Waals surface area contributed by atoms with Crippen LogP contribution in [0.4, 0.5) is 0 Å². The Balaban J connectivity index is 0.941. The van der Waals surface area contributed by atoms with Gasteiger partial charge in [0.15, 0.2) is 0 Å². The highest BCUT2D eigenvalue weighted by atomic mass is 14.2. The van der Waals surface area contributed by atoms with E-state index in [1.165, 1.54) is 142 Å². The zero-order valence-electron chi connectivity index (χ0n) is 37.2. The van der Waals surface area contributed by atoms with Gasteiger partial charge >= 0.3 is 0 Å². The van der Waals surface area contributed by atoms with Gasteiger partial charge in [0.1, 0.15) is 0 Å². The Morgan fingerprint density at radius 3 is 1.01 bits per heavy atom. The van der Waals surface area contributed by atoms with Crippen LogP contribution in [0.3, 0.4) is 0 Å².